The average molecular weight is 431 g/mol. The van der Waals surface area contributed by atoms with Crippen LogP contribution in [0.2, 0.25) is 0 Å². The normalized spacial score (nSPS) is 15.1. The first-order valence-electron chi connectivity index (χ1n) is 10.5. The van der Waals surface area contributed by atoms with Crippen molar-refractivity contribution >= 4 is 15.9 Å². The Morgan fingerprint density at radius 2 is 1.70 bits per heavy atom. The van der Waals surface area contributed by atoms with Crippen LogP contribution in [0.1, 0.15) is 48.5 Å². The maximum absolute atomic E-state index is 13.3. The fourth-order valence-corrected chi connectivity index (χ4v) is 5.23. The van der Waals surface area contributed by atoms with Gasteiger partial charge in [-0.3, -0.25) is 4.79 Å². The van der Waals surface area contributed by atoms with E-state index < -0.39 is 10.0 Å². The van der Waals surface area contributed by atoms with Gasteiger partial charge in [0.1, 0.15) is 5.75 Å². The van der Waals surface area contributed by atoms with E-state index in [0.717, 1.165) is 31.2 Å². The molecule has 3 rings (SSSR count). The van der Waals surface area contributed by atoms with Gasteiger partial charge in [-0.25, -0.2) is 8.42 Å². The van der Waals surface area contributed by atoms with Crippen molar-refractivity contribution in [1.82, 2.24) is 9.21 Å². The van der Waals surface area contributed by atoms with Crippen molar-refractivity contribution in [2.24, 2.45) is 0 Å². The summed E-state index contributed by atoms with van der Waals surface area (Å²) in [6.45, 7) is 3.80. The largest absolute Gasteiger partial charge is 0.496 e. The SMILES string of the molecule is CCN(Cc1ccccc1)S(=O)(=O)c1ccc(OC)c(C(=O)N2CCCCCC2)c1. The molecular formula is C23H30N2O4S. The number of carbonyl (C=O) groups is 1. The number of likely N-dealkylation sites (tertiary alicyclic amines) is 1. The summed E-state index contributed by atoms with van der Waals surface area (Å²) in [5.41, 5.74) is 1.22. The summed E-state index contributed by atoms with van der Waals surface area (Å²) < 4.78 is 33.5. The highest BCUT2D eigenvalue weighted by molar-refractivity contribution is 7.89. The van der Waals surface area contributed by atoms with Crippen LogP contribution in [0, 0.1) is 0 Å². The molecule has 2 aromatic carbocycles. The van der Waals surface area contributed by atoms with E-state index in [2.05, 4.69) is 0 Å². The molecule has 6 nitrogen and oxygen atoms in total. The molecule has 1 amide bonds. The second kappa shape index (κ2) is 10.1. The maximum Gasteiger partial charge on any atom is 0.257 e. The minimum absolute atomic E-state index is 0.110. The van der Waals surface area contributed by atoms with Crippen LogP contribution in [0.15, 0.2) is 53.4 Å². The molecule has 7 heteroatoms. The van der Waals surface area contributed by atoms with Gasteiger partial charge in [0, 0.05) is 26.2 Å². The lowest BCUT2D eigenvalue weighted by molar-refractivity contribution is 0.0758. The first kappa shape index (κ1) is 22.3. The molecule has 0 unspecified atom stereocenters. The van der Waals surface area contributed by atoms with E-state index in [1.807, 2.05) is 42.2 Å². The van der Waals surface area contributed by atoms with Gasteiger partial charge < -0.3 is 9.64 Å². The third-order valence-corrected chi connectivity index (χ3v) is 7.40. The number of methoxy groups -OCH3 is 1. The van der Waals surface area contributed by atoms with Gasteiger partial charge in [-0.2, -0.15) is 4.31 Å². The van der Waals surface area contributed by atoms with E-state index in [1.54, 1.807) is 6.07 Å². The Balaban J connectivity index is 1.92. The summed E-state index contributed by atoms with van der Waals surface area (Å²) in [7, 11) is -2.26. The van der Waals surface area contributed by atoms with Crippen molar-refractivity contribution in [2.45, 2.75) is 44.0 Å². The highest BCUT2D eigenvalue weighted by Gasteiger charge is 2.27. The highest BCUT2D eigenvalue weighted by atomic mass is 32.2. The van der Waals surface area contributed by atoms with Crippen LogP contribution in [0.3, 0.4) is 0 Å². The summed E-state index contributed by atoms with van der Waals surface area (Å²) >= 11 is 0. The zero-order valence-corrected chi connectivity index (χ0v) is 18.5. The molecule has 1 fully saturated rings. The summed E-state index contributed by atoms with van der Waals surface area (Å²) in [6, 6.07) is 14.0. The minimum atomic E-state index is -3.76. The Bertz CT molecular complexity index is 952. The third-order valence-electron chi connectivity index (χ3n) is 5.49. The van der Waals surface area contributed by atoms with Gasteiger partial charge in [0.2, 0.25) is 10.0 Å². The monoisotopic (exact) mass is 430 g/mol. The Morgan fingerprint density at radius 3 is 2.30 bits per heavy atom. The van der Waals surface area contributed by atoms with Crippen LogP contribution in [0.5, 0.6) is 5.75 Å². The van der Waals surface area contributed by atoms with Gasteiger partial charge in [-0.15, -0.1) is 0 Å². The molecule has 30 heavy (non-hydrogen) atoms. The van der Waals surface area contributed by atoms with Gasteiger partial charge in [0.15, 0.2) is 0 Å². The van der Waals surface area contributed by atoms with Gasteiger partial charge >= 0.3 is 0 Å². The summed E-state index contributed by atoms with van der Waals surface area (Å²) in [5.74, 6) is 0.228. The number of sulfonamides is 1. The van der Waals surface area contributed by atoms with Crippen LogP contribution in [0.25, 0.3) is 0 Å². The predicted molar refractivity (Wildman–Crippen MR) is 117 cm³/mol. The molecule has 2 aromatic rings. The first-order chi connectivity index (χ1) is 14.5. The zero-order valence-electron chi connectivity index (χ0n) is 17.7. The Morgan fingerprint density at radius 1 is 1.03 bits per heavy atom. The Kier molecular flexibility index (Phi) is 7.50. The lowest BCUT2D eigenvalue weighted by Gasteiger charge is -2.23. The highest BCUT2D eigenvalue weighted by Crippen LogP contribution is 2.27. The van der Waals surface area contributed by atoms with Crippen LogP contribution >= 0.6 is 0 Å². The van der Waals surface area contributed by atoms with Crippen molar-refractivity contribution in [2.75, 3.05) is 26.7 Å². The van der Waals surface area contributed by atoms with Crippen molar-refractivity contribution in [1.29, 1.82) is 0 Å². The number of amides is 1. The fraction of sp³-hybridized carbons (Fsp3) is 0.435. The van der Waals surface area contributed by atoms with E-state index in [4.69, 9.17) is 4.74 Å². The Labute approximate surface area is 179 Å². The molecule has 1 saturated heterocycles. The lowest BCUT2D eigenvalue weighted by atomic mass is 10.1. The maximum atomic E-state index is 13.3. The zero-order chi connectivity index (χ0) is 21.6. The van der Waals surface area contributed by atoms with E-state index in [-0.39, 0.29) is 17.3 Å². The van der Waals surface area contributed by atoms with Gasteiger partial charge in [0.05, 0.1) is 17.6 Å². The van der Waals surface area contributed by atoms with Crippen molar-refractivity contribution in [3.05, 3.63) is 59.7 Å². The number of carbonyl (C=O) groups excluding carboxylic acids is 1. The topological polar surface area (TPSA) is 66.9 Å². The first-order valence-corrected chi connectivity index (χ1v) is 11.9. The van der Waals surface area contributed by atoms with E-state index in [0.29, 0.717) is 30.9 Å². The molecule has 0 saturated carbocycles. The molecule has 0 radical (unpaired) electrons. The summed E-state index contributed by atoms with van der Waals surface area (Å²) in [6.07, 6.45) is 4.15. The third kappa shape index (κ3) is 5.02. The number of hydrogen-bond acceptors (Lipinski definition) is 4. The smallest absolute Gasteiger partial charge is 0.257 e. The number of ether oxygens (including phenoxy) is 1. The second-order valence-electron chi connectivity index (χ2n) is 7.49. The van der Waals surface area contributed by atoms with E-state index >= 15 is 0 Å². The van der Waals surface area contributed by atoms with Gasteiger partial charge in [-0.1, -0.05) is 50.1 Å². The molecular weight excluding hydrogens is 400 g/mol. The molecule has 0 bridgehead atoms. The number of rotatable bonds is 7. The van der Waals surface area contributed by atoms with Crippen LogP contribution in [-0.2, 0) is 16.6 Å². The molecule has 0 N–H and O–H groups in total. The summed E-state index contributed by atoms with van der Waals surface area (Å²) in [4.78, 5) is 15.1. The summed E-state index contributed by atoms with van der Waals surface area (Å²) in [5, 5.41) is 0. The van der Waals surface area contributed by atoms with Crippen LogP contribution in [-0.4, -0.2) is 50.3 Å². The van der Waals surface area contributed by atoms with Crippen molar-refractivity contribution in [3.63, 3.8) is 0 Å². The molecule has 1 aliphatic heterocycles. The van der Waals surface area contributed by atoms with Crippen molar-refractivity contribution < 1.29 is 17.9 Å². The van der Waals surface area contributed by atoms with Crippen LogP contribution in [0.4, 0.5) is 0 Å². The van der Waals surface area contributed by atoms with E-state index in [1.165, 1.54) is 23.5 Å². The Hall–Kier alpha value is -2.38. The number of nitrogens with zero attached hydrogens (tertiary/aromatic N) is 2. The van der Waals surface area contributed by atoms with E-state index in [9.17, 15) is 13.2 Å². The number of benzene rings is 2. The fourth-order valence-electron chi connectivity index (χ4n) is 3.76. The number of hydrogen-bond donors (Lipinski definition) is 0. The average Bonchev–Trinajstić information content (AvgIpc) is 3.06. The molecule has 0 aliphatic carbocycles. The van der Waals surface area contributed by atoms with Crippen LogP contribution < -0.4 is 4.74 Å². The van der Waals surface area contributed by atoms with Gasteiger partial charge in [-0.05, 0) is 36.6 Å². The van der Waals surface area contributed by atoms with Gasteiger partial charge in [0.25, 0.3) is 5.91 Å². The standard InChI is InChI=1S/C23H30N2O4S/c1-3-25(18-19-11-7-6-8-12-19)30(27,28)20-13-14-22(29-2)21(17-20)23(26)24-15-9-4-5-10-16-24/h6-8,11-14,17H,3-5,9-10,15-16,18H2,1-2H3. The molecule has 1 heterocycles. The quantitative estimate of drug-likeness (QED) is 0.668. The molecule has 0 aromatic heterocycles. The minimum Gasteiger partial charge on any atom is -0.496 e. The molecule has 0 atom stereocenters. The van der Waals surface area contributed by atoms with Crippen molar-refractivity contribution in [3.8, 4) is 5.75 Å². The molecule has 1 aliphatic rings. The lowest BCUT2D eigenvalue weighted by Crippen LogP contribution is -2.33. The molecule has 162 valence electrons. The second-order valence-corrected chi connectivity index (χ2v) is 9.42. The molecule has 0 spiro atoms. The predicted octanol–water partition coefficient (Wildman–Crippen LogP) is 3.92.